The van der Waals surface area contributed by atoms with E-state index in [0.717, 1.165) is 0 Å². The molecule has 0 saturated carbocycles. The first-order chi connectivity index (χ1) is 13.1. The van der Waals surface area contributed by atoms with Gasteiger partial charge in [-0.1, -0.05) is 18.2 Å². The fraction of sp³-hybridized carbons (Fsp3) is 0.222. The molecule has 0 fully saturated rings. The van der Waals surface area contributed by atoms with Crippen molar-refractivity contribution in [1.29, 1.82) is 0 Å². The van der Waals surface area contributed by atoms with Crippen LogP contribution in [0.25, 0.3) is 0 Å². The number of carbonyl (C=O) groups is 2. The maximum atomic E-state index is 13.4. The van der Waals surface area contributed by atoms with Crippen molar-refractivity contribution in [2.45, 2.75) is 17.4 Å². The van der Waals surface area contributed by atoms with Gasteiger partial charge in [0.05, 0.1) is 4.90 Å². The fourth-order valence-electron chi connectivity index (χ4n) is 2.69. The molecule has 10 heteroatoms. The summed E-state index contributed by atoms with van der Waals surface area (Å²) >= 11 is 0. The van der Waals surface area contributed by atoms with Gasteiger partial charge in [0.15, 0.2) is 0 Å². The van der Waals surface area contributed by atoms with Crippen LogP contribution in [0, 0.1) is 5.82 Å². The lowest BCUT2D eigenvalue weighted by atomic mass is 10.0. The molecule has 0 aromatic heterocycles. The quantitative estimate of drug-likeness (QED) is 0.598. The molecule has 0 bridgehead atoms. The number of hydrogen-bond donors (Lipinski definition) is 3. The molecule has 150 valence electrons. The number of primary amides is 1. The highest BCUT2D eigenvalue weighted by Crippen LogP contribution is 2.20. The number of nitrogens with one attached hydrogen (secondary N) is 1. The number of halogens is 1. The summed E-state index contributed by atoms with van der Waals surface area (Å²) in [5.74, 6) is -1.57. The smallest absolute Gasteiger partial charge is 0.239 e. The van der Waals surface area contributed by atoms with Crippen LogP contribution < -0.4 is 16.2 Å². The van der Waals surface area contributed by atoms with Crippen molar-refractivity contribution in [1.82, 2.24) is 4.90 Å². The van der Waals surface area contributed by atoms with Gasteiger partial charge in [0.25, 0.3) is 0 Å². The van der Waals surface area contributed by atoms with Crippen LogP contribution in [0.5, 0.6) is 0 Å². The highest BCUT2D eigenvalue weighted by molar-refractivity contribution is 7.89. The topological polar surface area (TPSA) is 136 Å². The zero-order valence-corrected chi connectivity index (χ0v) is 15.9. The Balaban J connectivity index is 2.02. The summed E-state index contributed by atoms with van der Waals surface area (Å²) in [4.78, 5) is 25.4. The number of amides is 2. The van der Waals surface area contributed by atoms with Crippen molar-refractivity contribution < 1.29 is 22.4 Å². The summed E-state index contributed by atoms with van der Waals surface area (Å²) < 4.78 is 36.2. The number of primary sulfonamides is 1. The van der Waals surface area contributed by atoms with E-state index in [1.807, 2.05) is 0 Å². The maximum absolute atomic E-state index is 13.4. The van der Waals surface area contributed by atoms with Gasteiger partial charge in [-0.05, 0) is 42.9 Å². The monoisotopic (exact) mass is 408 g/mol. The number of nitrogens with two attached hydrogens (primary N) is 2. The third-order valence-electron chi connectivity index (χ3n) is 4.01. The largest absolute Gasteiger partial charge is 0.368 e. The van der Waals surface area contributed by atoms with Gasteiger partial charge in [-0.2, -0.15) is 0 Å². The lowest BCUT2D eigenvalue weighted by Crippen LogP contribution is -2.37. The molecule has 8 nitrogen and oxygen atoms in total. The van der Waals surface area contributed by atoms with E-state index < -0.39 is 33.7 Å². The Morgan fingerprint density at radius 2 is 1.86 bits per heavy atom. The molecule has 0 heterocycles. The summed E-state index contributed by atoms with van der Waals surface area (Å²) in [6.45, 7) is 0.158. The normalized spacial score (nSPS) is 12.6. The third-order valence-corrected chi connectivity index (χ3v) is 4.92. The predicted octanol–water partition coefficient (Wildman–Crippen LogP) is 0.960. The highest BCUT2D eigenvalue weighted by atomic mass is 32.2. The van der Waals surface area contributed by atoms with E-state index in [2.05, 4.69) is 5.32 Å². The number of nitrogens with zero attached hydrogens (tertiary/aromatic N) is 1. The summed E-state index contributed by atoms with van der Waals surface area (Å²) in [5, 5.41) is 7.63. The van der Waals surface area contributed by atoms with E-state index >= 15 is 0 Å². The molecule has 0 saturated heterocycles. The minimum absolute atomic E-state index is 0.00476. The van der Waals surface area contributed by atoms with Crippen LogP contribution in [-0.2, 0) is 19.6 Å². The SMILES string of the molecule is CN(CCC(=O)Nc1cccc(S(N)(=O)=O)c1)C(C(N)=O)c1cccc(F)c1. The summed E-state index contributed by atoms with van der Waals surface area (Å²) in [7, 11) is -2.29. The molecule has 2 rings (SSSR count). The molecule has 1 atom stereocenters. The Bertz CT molecular complexity index is 981. The van der Waals surface area contributed by atoms with E-state index in [9.17, 15) is 22.4 Å². The lowest BCUT2D eigenvalue weighted by Gasteiger charge is -2.25. The molecule has 1 unspecified atom stereocenters. The molecule has 2 aromatic carbocycles. The Morgan fingerprint density at radius 3 is 2.46 bits per heavy atom. The van der Waals surface area contributed by atoms with Crippen molar-refractivity contribution >= 4 is 27.5 Å². The Labute approximate surface area is 162 Å². The van der Waals surface area contributed by atoms with Crippen LogP contribution in [0.1, 0.15) is 18.0 Å². The summed E-state index contributed by atoms with van der Waals surface area (Å²) in [5.41, 5.74) is 6.09. The van der Waals surface area contributed by atoms with Crippen LogP contribution in [0.2, 0.25) is 0 Å². The summed E-state index contributed by atoms with van der Waals surface area (Å²) in [6, 6.07) is 10.2. The van der Waals surface area contributed by atoms with Gasteiger partial charge in [-0.3, -0.25) is 14.5 Å². The van der Waals surface area contributed by atoms with Gasteiger partial charge >= 0.3 is 0 Å². The average Bonchev–Trinajstić information content (AvgIpc) is 2.59. The van der Waals surface area contributed by atoms with Crippen LogP contribution in [0.15, 0.2) is 53.4 Å². The number of benzene rings is 2. The van der Waals surface area contributed by atoms with Crippen molar-refractivity contribution in [2.24, 2.45) is 10.9 Å². The Kier molecular flexibility index (Phi) is 6.84. The van der Waals surface area contributed by atoms with Crippen LogP contribution >= 0.6 is 0 Å². The average molecular weight is 408 g/mol. The highest BCUT2D eigenvalue weighted by Gasteiger charge is 2.23. The first-order valence-electron chi connectivity index (χ1n) is 8.25. The molecule has 0 spiro atoms. The number of hydrogen-bond acceptors (Lipinski definition) is 5. The van der Waals surface area contributed by atoms with Gasteiger partial charge in [-0.15, -0.1) is 0 Å². The predicted molar refractivity (Wildman–Crippen MR) is 102 cm³/mol. The first-order valence-corrected chi connectivity index (χ1v) is 9.80. The van der Waals surface area contributed by atoms with Crippen molar-refractivity contribution in [3.8, 4) is 0 Å². The standard InChI is InChI=1S/C18H21FN4O4S/c1-23(17(18(20)25)12-4-2-5-13(19)10-12)9-8-16(24)22-14-6-3-7-15(11-14)28(21,26)27/h2-7,10-11,17H,8-9H2,1H3,(H2,20,25)(H,22,24)(H2,21,26,27). The first kappa shape index (κ1) is 21.5. The van der Waals surface area contributed by atoms with Crippen LogP contribution in [-0.4, -0.2) is 38.7 Å². The molecule has 28 heavy (non-hydrogen) atoms. The van der Waals surface area contributed by atoms with Gasteiger partial charge in [0.2, 0.25) is 21.8 Å². The Hall–Kier alpha value is -2.82. The summed E-state index contributed by atoms with van der Waals surface area (Å²) in [6.07, 6.45) is -0.00476. The molecule has 0 aliphatic rings. The van der Waals surface area contributed by atoms with Gasteiger partial charge in [0.1, 0.15) is 11.9 Å². The molecular weight excluding hydrogens is 387 g/mol. The number of sulfonamides is 1. The minimum atomic E-state index is -3.88. The van der Waals surface area contributed by atoms with E-state index in [-0.39, 0.29) is 23.5 Å². The van der Waals surface area contributed by atoms with Crippen molar-refractivity contribution in [3.63, 3.8) is 0 Å². The van der Waals surface area contributed by atoms with E-state index in [1.54, 1.807) is 13.1 Å². The number of likely N-dealkylation sites (N-methyl/N-ethyl adjacent to an activating group) is 1. The van der Waals surface area contributed by atoms with Gasteiger partial charge in [0, 0.05) is 18.7 Å². The van der Waals surface area contributed by atoms with Crippen molar-refractivity contribution in [3.05, 3.63) is 59.9 Å². The second-order valence-electron chi connectivity index (χ2n) is 6.21. The van der Waals surface area contributed by atoms with Crippen molar-refractivity contribution in [2.75, 3.05) is 18.9 Å². The van der Waals surface area contributed by atoms with Crippen LogP contribution in [0.3, 0.4) is 0 Å². The van der Waals surface area contributed by atoms with Gasteiger partial charge in [-0.25, -0.2) is 17.9 Å². The lowest BCUT2D eigenvalue weighted by molar-refractivity contribution is -0.124. The molecule has 5 N–H and O–H groups in total. The molecule has 0 aliphatic heterocycles. The molecular formula is C18H21FN4O4S. The van der Waals surface area contributed by atoms with E-state index in [4.69, 9.17) is 10.9 Å². The number of rotatable bonds is 8. The van der Waals surface area contributed by atoms with Gasteiger partial charge < -0.3 is 11.1 Å². The second-order valence-corrected chi connectivity index (χ2v) is 7.77. The second kappa shape index (κ2) is 8.91. The third kappa shape index (κ3) is 5.84. The maximum Gasteiger partial charge on any atom is 0.239 e. The van der Waals surface area contributed by atoms with E-state index in [0.29, 0.717) is 5.56 Å². The minimum Gasteiger partial charge on any atom is -0.368 e. The van der Waals surface area contributed by atoms with E-state index in [1.165, 1.54) is 47.4 Å². The fourth-order valence-corrected chi connectivity index (χ4v) is 3.25. The zero-order chi connectivity index (χ0) is 20.9. The molecule has 2 amide bonds. The molecule has 2 aromatic rings. The molecule has 0 radical (unpaired) electrons. The van der Waals surface area contributed by atoms with Crippen LogP contribution in [0.4, 0.5) is 10.1 Å². The molecule has 0 aliphatic carbocycles. The zero-order valence-electron chi connectivity index (χ0n) is 15.1. The number of carbonyl (C=O) groups excluding carboxylic acids is 2. The number of anilines is 1. The Morgan fingerprint density at radius 1 is 1.18 bits per heavy atom.